The summed E-state index contributed by atoms with van der Waals surface area (Å²) in [6.07, 6.45) is 0.554. The van der Waals surface area contributed by atoms with Gasteiger partial charge in [0.2, 0.25) is 5.91 Å². The van der Waals surface area contributed by atoms with Crippen molar-refractivity contribution in [2.75, 3.05) is 18.1 Å². The SMILES string of the molecule is Cc1ccc(N2CCC(NC(=O)c3ccc(OCC(N)=O)cc3)C2=O)cc1. The van der Waals surface area contributed by atoms with Crippen LogP contribution in [-0.4, -0.2) is 36.9 Å². The van der Waals surface area contributed by atoms with E-state index >= 15 is 0 Å². The zero-order valence-electron chi connectivity index (χ0n) is 15.0. The molecule has 3 rings (SSSR count). The van der Waals surface area contributed by atoms with Gasteiger partial charge in [-0.25, -0.2) is 0 Å². The minimum Gasteiger partial charge on any atom is -0.484 e. The molecule has 0 spiro atoms. The van der Waals surface area contributed by atoms with E-state index in [1.807, 2.05) is 31.2 Å². The Kier molecular flexibility index (Phi) is 5.40. The van der Waals surface area contributed by atoms with Gasteiger partial charge in [0.1, 0.15) is 11.8 Å². The first-order chi connectivity index (χ1) is 12.9. The lowest BCUT2D eigenvalue weighted by atomic mass is 10.1. The number of anilines is 1. The molecule has 0 bridgehead atoms. The van der Waals surface area contributed by atoms with Gasteiger partial charge < -0.3 is 20.7 Å². The number of nitrogens with one attached hydrogen (secondary N) is 1. The maximum Gasteiger partial charge on any atom is 0.255 e. The lowest BCUT2D eigenvalue weighted by Gasteiger charge is -2.17. The van der Waals surface area contributed by atoms with E-state index in [2.05, 4.69) is 5.32 Å². The molecule has 1 heterocycles. The van der Waals surface area contributed by atoms with Crippen molar-refractivity contribution in [2.45, 2.75) is 19.4 Å². The van der Waals surface area contributed by atoms with Crippen LogP contribution in [0.4, 0.5) is 5.69 Å². The summed E-state index contributed by atoms with van der Waals surface area (Å²) in [5.41, 5.74) is 7.38. The van der Waals surface area contributed by atoms with E-state index in [0.29, 0.717) is 24.3 Å². The number of nitrogens with two attached hydrogens (primary N) is 1. The fraction of sp³-hybridized carbons (Fsp3) is 0.250. The van der Waals surface area contributed by atoms with Gasteiger partial charge >= 0.3 is 0 Å². The summed E-state index contributed by atoms with van der Waals surface area (Å²) >= 11 is 0. The van der Waals surface area contributed by atoms with Crippen LogP contribution in [0.2, 0.25) is 0 Å². The summed E-state index contributed by atoms with van der Waals surface area (Å²) in [5, 5.41) is 2.78. The van der Waals surface area contributed by atoms with Gasteiger partial charge in [-0.2, -0.15) is 0 Å². The number of hydrogen-bond donors (Lipinski definition) is 2. The van der Waals surface area contributed by atoms with E-state index in [-0.39, 0.29) is 18.4 Å². The number of aryl methyl sites for hydroxylation is 1. The van der Waals surface area contributed by atoms with Crippen molar-refractivity contribution in [3.05, 3.63) is 59.7 Å². The van der Waals surface area contributed by atoms with Gasteiger partial charge in [-0.15, -0.1) is 0 Å². The third-order valence-electron chi connectivity index (χ3n) is 4.35. The summed E-state index contributed by atoms with van der Waals surface area (Å²) in [5.74, 6) is -0.586. The van der Waals surface area contributed by atoms with Crippen LogP contribution in [0.25, 0.3) is 0 Å². The standard InChI is InChI=1S/C20H21N3O4/c1-13-2-6-15(7-3-13)23-11-10-17(20(23)26)22-19(25)14-4-8-16(9-5-14)27-12-18(21)24/h2-9,17H,10-12H2,1H3,(H2,21,24)(H,22,25). The zero-order valence-corrected chi connectivity index (χ0v) is 15.0. The third kappa shape index (κ3) is 4.44. The predicted octanol–water partition coefficient (Wildman–Crippen LogP) is 1.39. The number of primary amides is 1. The maximum atomic E-state index is 12.6. The Morgan fingerprint density at radius 3 is 2.44 bits per heavy atom. The average Bonchev–Trinajstić information content (AvgIpc) is 3.01. The maximum absolute atomic E-state index is 12.6. The summed E-state index contributed by atoms with van der Waals surface area (Å²) in [6.45, 7) is 2.33. The molecule has 1 unspecified atom stereocenters. The summed E-state index contributed by atoms with van der Waals surface area (Å²) in [6, 6.07) is 13.5. The van der Waals surface area contributed by atoms with Crippen molar-refractivity contribution >= 4 is 23.4 Å². The summed E-state index contributed by atoms with van der Waals surface area (Å²) in [7, 11) is 0. The quantitative estimate of drug-likeness (QED) is 0.805. The number of rotatable bonds is 6. The monoisotopic (exact) mass is 367 g/mol. The van der Waals surface area contributed by atoms with Crippen molar-refractivity contribution in [2.24, 2.45) is 5.73 Å². The van der Waals surface area contributed by atoms with E-state index in [1.54, 1.807) is 29.2 Å². The molecule has 0 aliphatic carbocycles. The Bertz CT molecular complexity index is 847. The number of benzene rings is 2. The van der Waals surface area contributed by atoms with E-state index < -0.39 is 11.9 Å². The van der Waals surface area contributed by atoms with E-state index in [9.17, 15) is 14.4 Å². The Hall–Kier alpha value is -3.35. The Morgan fingerprint density at radius 2 is 1.81 bits per heavy atom. The van der Waals surface area contributed by atoms with Gasteiger partial charge in [0, 0.05) is 17.8 Å². The first-order valence-corrected chi connectivity index (χ1v) is 8.64. The molecule has 1 atom stereocenters. The average molecular weight is 367 g/mol. The van der Waals surface area contributed by atoms with Crippen LogP contribution >= 0.6 is 0 Å². The minimum absolute atomic E-state index is 0.117. The molecule has 1 aliphatic heterocycles. The number of nitrogens with zero attached hydrogens (tertiary/aromatic N) is 1. The lowest BCUT2D eigenvalue weighted by molar-refractivity contribution is -0.120. The fourth-order valence-electron chi connectivity index (χ4n) is 2.89. The van der Waals surface area contributed by atoms with E-state index in [0.717, 1.165) is 11.3 Å². The molecule has 3 N–H and O–H groups in total. The normalized spacial score (nSPS) is 16.3. The van der Waals surface area contributed by atoms with Crippen molar-refractivity contribution in [3.8, 4) is 5.75 Å². The molecule has 1 aliphatic rings. The number of ether oxygens (including phenoxy) is 1. The molecular weight excluding hydrogens is 346 g/mol. The first kappa shape index (κ1) is 18.4. The molecule has 2 aromatic carbocycles. The predicted molar refractivity (Wildman–Crippen MR) is 101 cm³/mol. The van der Waals surface area contributed by atoms with Crippen molar-refractivity contribution in [3.63, 3.8) is 0 Å². The zero-order chi connectivity index (χ0) is 19.4. The molecule has 0 radical (unpaired) electrons. The molecule has 140 valence electrons. The van der Waals surface area contributed by atoms with Crippen molar-refractivity contribution < 1.29 is 19.1 Å². The number of amides is 3. The van der Waals surface area contributed by atoms with Crippen LogP contribution < -0.4 is 20.7 Å². The second-order valence-corrected chi connectivity index (χ2v) is 6.42. The van der Waals surface area contributed by atoms with Crippen LogP contribution in [-0.2, 0) is 9.59 Å². The second kappa shape index (κ2) is 7.90. The van der Waals surface area contributed by atoms with Gasteiger partial charge in [-0.05, 0) is 49.7 Å². The number of carbonyl (C=O) groups is 3. The largest absolute Gasteiger partial charge is 0.484 e. The van der Waals surface area contributed by atoms with Gasteiger partial charge in [0.05, 0.1) is 0 Å². The van der Waals surface area contributed by atoms with E-state index in [4.69, 9.17) is 10.5 Å². The highest BCUT2D eigenvalue weighted by Gasteiger charge is 2.33. The molecule has 27 heavy (non-hydrogen) atoms. The molecular formula is C20H21N3O4. The smallest absolute Gasteiger partial charge is 0.255 e. The highest BCUT2D eigenvalue weighted by atomic mass is 16.5. The first-order valence-electron chi connectivity index (χ1n) is 8.64. The molecule has 1 saturated heterocycles. The van der Waals surface area contributed by atoms with E-state index in [1.165, 1.54) is 0 Å². The molecule has 7 heteroatoms. The number of carbonyl (C=O) groups excluding carboxylic acids is 3. The summed E-state index contributed by atoms with van der Waals surface area (Å²) in [4.78, 5) is 37.4. The number of hydrogen-bond acceptors (Lipinski definition) is 4. The minimum atomic E-state index is -0.574. The van der Waals surface area contributed by atoms with Gasteiger partial charge in [0.15, 0.2) is 6.61 Å². The van der Waals surface area contributed by atoms with Gasteiger partial charge in [-0.3, -0.25) is 14.4 Å². The van der Waals surface area contributed by atoms with Gasteiger partial charge in [0.25, 0.3) is 11.8 Å². The molecule has 7 nitrogen and oxygen atoms in total. The molecule has 1 fully saturated rings. The lowest BCUT2D eigenvalue weighted by Crippen LogP contribution is -2.41. The Labute approximate surface area is 157 Å². The van der Waals surface area contributed by atoms with Crippen LogP contribution in [0.1, 0.15) is 22.3 Å². The second-order valence-electron chi connectivity index (χ2n) is 6.42. The molecule has 3 amide bonds. The topological polar surface area (TPSA) is 102 Å². The molecule has 0 saturated carbocycles. The van der Waals surface area contributed by atoms with Gasteiger partial charge in [-0.1, -0.05) is 17.7 Å². The van der Waals surface area contributed by atoms with Crippen molar-refractivity contribution in [1.29, 1.82) is 0 Å². The molecule has 0 aromatic heterocycles. The van der Waals surface area contributed by atoms with Crippen LogP contribution in [0.3, 0.4) is 0 Å². The summed E-state index contributed by atoms with van der Waals surface area (Å²) < 4.78 is 5.16. The van der Waals surface area contributed by atoms with Crippen LogP contribution in [0.5, 0.6) is 5.75 Å². The van der Waals surface area contributed by atoms with Crippen molar-refractivity contribution in [1.82, 2.24) is 5.32 Å². The Morgan fingerprint density at radius 1 is 1.15 bits per heavy atom. The van der Waals surface area contributed by atoms with Crippen LogP contribution in [0, 0.1) is 6.92 Å². The molecule has 2 aromatic rings. The Balaban J connectivity index is 1.60. The third-order valence-corrected chi connectivity index (χ3v) is 4.35. The highest BCUT2D eigenvalue weighted by Crippen LogP contribution is 2.22. The fourth-order valence-corrected chi connectivity index (χ4v) is 2.89. The highest BCUT2D eigenvalue weighted by molar-refractivity contribution is 6.03. The van der Waals surface area contributed by atoms with Crippen LogP contribution in [0.15, 0.2) is 48.5 Å².